The summed E-state index contributed by atoms with van der Waals surface area (Å²) in [5, 5.41) is 28.6. The zero-order valence-corrected chi connectivity index (χ0v) is 10.5. The monoisotopic (exact) mass is 291 g/mol. The van der Waals surface area contributed by atoms with Gasteiger partial charge in [0, 0.05) is 19.3 Å². The summed E-state index contributed by atoms with van der Waals surface area (Å²) in [7, 11) is 0. The second kappa shape index (κ2) is 7.40. The molecular weight excluding hydrogens is 274 g/mol. The van der Waals surface area contributed by atoms with Crippen molar-refractivity contribution in [1.29, 1.82) is 0 Å². The number of carbonyl (C=O) groups excluding carboxylic acids is 1. The average molecular weight is 291 g/mol. The van der Waals surface area contributed by atoms with Gasteiger partial charge in [-0.15, -0.1) is 0 Å². The van der Waals surface area contributed by atoms with Crippen molar-refractivity contribution >= 4 is 23.8 Å². The summed E-state index contributed by atoms with van der Waals surface area (Å²) in [5.41, 5.74) is 8.14. The highest BCUT2D eigenvalue weighted by Gasteiger charge is 2.38. The molecule has 0 rings (SSSR count). The first-order valence-electron chi connectivity index (χ1n) is 5.61. The van der Waals surface area contributed by atoms with E-state index in [1.54, 1.807) is 0 Å². The molecule has 0 radical (unpaired) electrons. The zero-order valence-electron chi connectivity index (χ0n) is 10.5. The van der Waals surface area contributed by atoms with E-state index in [1.165, 1.54) is 0 Å². The van der Waals surface area contributed by atoms with Gasteiger partial charge in [0.15, 0.2) is 5.66 Å². The molecule has 0 aliphatic rings. The maximum absolute atomic E-state index is 11.1. The quantitative estimate of drug-likeness (QED) is 0.244. The van der Waals surface area contributed by atoms with Gasteiger partial charge in [-0.2, -0.15) is 0 Å². The molecule has 0 aromatic carbocycles. The van der Waals surface area contributed by atoms with Gasteiger partial charge in [0.1, 0.15) is 6.04 Å². The standard InChI is InChI=1S/C10H17N3O7/c11-6(14)2-1-5(8(17)18)13-10(12,9(19)20)4-3-7(15)16/h5,13H,1-4,12H2,(H2,11,14)(H,15,16)(H,17,18)(H,19,20)/t5-,10+/m0/s1. The minimum absolute atomic E-state index is 0.260. The molecule has 0 aliphatic carbocycles. The predicted octanol–water partition coefficient (Wildman–Crippen LogP) is -2.10. The Morgan fingerprint density at radius 1 is 1.10 bits per heavy atom. The first-order valence-corrected chi connectivity index (χ1v) is 5.61. The van der Waals surface area contributed by atoms with E-state index in [2.05, 4.69) is 5.32 Å². The van der Waals surface area contributed by atoms with E-state index in [0.29, 0.717) is 0 Å². The summed E-state index contributed by atoms with van der Waals surface area (Å²) in [4.78, 5) is 43.1. The molecule has 0 heterocycles. The lowest BCUT2D eigenvalue weighted by Gasteiger charge is -2.29. The lowest BCUT2D eigenvalue weighted by Crippen LogP contribution is -2.64. The first kappa shape index (κ1) is 17.8. The number of primary amides is 1. The lowest BCUT2D eigenvalue weighted by atomic mass is 10.0. The van der Waals surface area contributed by atoms with Gasteiger partial charge in [0.25, 0.3) is 0 Å². The number of carboxylic acids is 3. The lowest BCUT2D eigenvalue weighted by molar-refractivity contribution is -0.148. The van der Waals surface area contributed by atoms with E-state index in [4.69, 9.17) is 26.8 Å². The minimum atomic E-state index is -2.22. The number of nitrogens with one attached hydrogen (secondary N) is 1. The molecule has 10 nitrogen and oxygen atoms in total. The van der Waals surface area contributed by atoms with Crippen molar-refractivity contribution in [2.75, 3.05) is 0 Å². The number of aliphatic carboxylic acids is 3. The van der Waals surface area contributed by atoms with Crippen molar-refractivity contribution in [3.8, 4) is 0 Å². The predicted molar refractivity (Wildman–Crippen MR) is 64.4 cm³/mol. The second-order valence-corrected chi connectivity index (χ2v) is 4.21. The van der Waals surface area contributed by atoms with E-state index in [-0.39, 0.29) is 12.8 Å². The van der Waals surface area contributed by atoms with Crippen molar-refractivity contribution in [1.82, 2.24) is 5.32 Å². The largest absolute Gasteiger partial charge is 0.481 e. The van der Waals surface area contributed by atoms with E-state index in [9.17, 15) is 19.2 Å². The number of hydrogen-bond donors (Lipinski definition) is 6. The van der Waals surface area contributed by atoms with Crippen LogP contribution in [0.1, 0.15) is 25.7 Å². The second-order valence-electron chi connectivity index (χ2n) is 4.21. The van der Waals surface area contributed by atoms with Crippen LogP contribution in [0.15, 0.2) is 0 Å². The molecule has 2 atom stereocenters. The van der Waals surface area contributed by atoms with Gasteiger partial charge in [0.2, 0.25) is 5.91 Å². The third-order valence-electron chi connectivity index (χ3n) is 2.52. The summed E-state index contributed by atoms with van der Waals surface area (Å²) in [6.07, 6.45) is -1.61. The molecule has 0 spiro atoms. The Morgan fingerprint density at radius 2 is 1.65 bits per heavy atom. The van der Waals surface area contributed by atoms with Gasteiger partial charge in [-0.25, -0.2) is 4.79 Å². The van der Waals surface area contributed by atoms with Crippen LogP contribution in [0.3, 0.4) is 0 Å². The topological polar surface area (TPSA) is 193 Å². The first-order chi connectivity index (χ1) is 9.08. The highest BCUT2D eigenvalue weighted by Crippen LogP contribution is 2.11. The van der Waals surface area contributed by atoms with Crippen LogP contribution < -0.4 is 16.8 Å². The summed E-state index contributed by atoms with van der Waals surface area (Å²) >= 11 is 0. The van der Waals surface area contributed by atoms with E-state index >= 15 is 0 Å². The molecule has 0 aliphatic heterocycles. The number of nitrogens with two attached hydrogens (primary N) is 2. The van der Waals surface area contributed by atoms with Gasteiger partial charge in [-0.1, -0.05) is 0 Å². The number of hydrogen-bond acceptors (Lipinski definition) is 6. The van der Waals surface area contributed by atoms with Crippen LogP contribution in [0, 0.1) is 0 Å². The van der Waals surface area contributed by atoms with Crippen molar-refractivity contribution in [2.45, 2.75) is 37.4 Å². The third-order valence-corrected chi connectivity index (χ3v) is 2.52. The van der Waals surface area contributed by atoms with Gasteiger partial charge < -0.3 is 26.8 Å². The van der Waals surface area contributed by atoms with Crippen molar-refractivity contribution in [2.24, 2.45) is 11.5 Å². The van der Waals surface area contributed by atoms with Gasteiger partial charge in [-0.05, 0) is 6.42 Å². The highest BCUT2D eigenvalue weighted by atomic mass is 16.4. The highest BCUT2D eigenvalue weighted by molar-refractivity contribution is 5.82. The number of carboxylic acid groups (broad SMARTS) is 3. The van der Waals surface area contributed by atoms with Crippen LogP contribution >= 0.6 is 0 Å². The maximum atomic E-state index is 11.1. The van der Waals surface area contributed by atoms with Crippen LogP contribution in [0.4, 0.5) is 0 Å². The Hall–Kier alpha value is -2.20. The van der Waals surface area contributed by atoms with Crippen LogP contribution in [-0.2, 0) is 19.2 Å². The number of amides is 1. The minimum Gasteiger partial charge on any atom is -0.481 e. The molecule has 0 saturated carbocycles. The van der Waals surface area contributed by atoms with Gasteiger partial charge >= 0.3 is 17.9 Å². The molecule has 0 fully saturated rings. The molecule has 10 heteroatoms. The Morgan fingerprint density at radius 3 is 2.00 bits per heavy atom. The van der Waals surface area contributed by atoms with Crippen LogP contribution in [0.25, 0.3) is 0 Å². The molecule has 114 valence electrons. The zero-order chi connectivity index (χ0) is 15.9. The van der Waals surface area contributed by atoms with Crippen LogP contribution in [-0.4, -0.2) is 50.8 Å². The van der Waals surface area contributed by atoms with Gasteiger partial charge in [0.05, 0.1) is 0 Å². The molecule has 0 unspecified atom stereocenters. The smallest absolute Gasteiger partial charge is 0.338 e. The summed E-state index contributed by atoms with van der Waals surface area (Å²) in [6, 6.07) is -1.43. The molecule has 0 aromatic heterocycles. The fraction of sp³-hybridized carbons (Fsp3) is 0.600. The Balaban J connectivity index is 4.89. The van der Waals surface area contributed by atoms with Crippen LogP contribution in [0.2, 0.25) is 0 Å². The van der Waals surface area contributed by atoms with E-state index in [0.717, 1.165) is 0 Å². The molecule has 0 bridgehead atoms. The summed E-state index contributed by atoms with van der Waals surface area (Å²) < 4.78 is 0. The van der Waals surface area contributed by atoms with E-state index in [1.807, 2.05) is 0 Å². The van der Waals surface area contributed by atoms with Crippen molar-refractivity contribution in [3.63, 3.8) is 0 Å². The number of rotatable bonds is 10. The molecule has 1 amide bonds. The van der Waals surface area contributed by atoms with Gasteiger partial charge in [-0.3, -0.25) is 19.7 Å². The van der Waals surface area contributed by atoms with Crippen LogP contribution in [0.5, 0.6) is 0 Å². The van der Waals surface area contributed by atoms with E-state index < -0.39 is 48.4 Å². The van der Waals surface area contributed by atoms with Crippen molar-refractivity contribution < 1.29 is 34.5 Å². The molecule has 20 heavy (non-hydrogen) atoms. The summed E-state index contributed by atoms with van der Waals surface area (Å²) in [5.74, 6) is -5.03. The third kappa shape index (κ3) is 6.11. The maximum Gasteiger partial charge on any atom is 0.338 e. The Kier molecular flexibility index (Phi) is 6.59. The molecular formula is C10H17N3O7. The fourth-order valence-electron chi connectivity index (χ4n) is 1.40. The SMILES string of the molecule is NC(=O)CC[C@H](N[C@](N)(CCC(=O)O)C(=O)O)C(=O)O. The molecule has 0 saturated heterocycles. The molecule has 0 aromatic rings. The molecule has 8 N–H and O–H groups in total. The normalized spacial score (nSPS) is 15.1. The Bertz CT molecular complexity index is 412. The Labute approximate surface area is 113 Å². The van der Waals surface area contributed by atoms with Crippen molar-refractivity contribution in [3.05, 3.63) is 0 Å². The number of carbonyl (C=O) groups is 4. The average Bonchev–Trinajstić information content (AvgIpc) is 2.31. The fourth-order valence-corrected chi connectivity index (χ4v) is 1.40. The summed E-state index contributed by atoms with van der Waals surface area (Å²) in [6.45, 7) is 0.